The molecule has 6 nitrogen and oxygen atoms in total. The molecule has 6 heteroatoms. The molecule has 0 aliphatic rings. The van der Waals surface area contributed by atoms with Crippen LogP contribution in [-0.2, 0) is 20.9 Å². The zero-order chi connectivity index (χ0) is 18.9. The fourth-order valence-corrected chi connectivity index (χ4v) is 2.16. The molecule has 1 aromatic carbocycles. The van der Waals surface area contributed by atoms with Gasteiger partial charge in [-0.15, -0.1) is 6.58 Å². The predicted molar refractivity (Wildman–Crippen MR) is 94.8 cm³/mol. The van der Waals surface area contributed by atoms with Crippen LogP contribution in [0.25, 0.3) is 0 Å². The Hall–Kier alpha value is -2.34. The number of rotatable bonds is 8. The van der Waals surface area contributed by atoms with Crippen molar-refractivity contribution in [1.29, 1.82) is 0 Å². The number of nitrogens with one attached hydrogen (secondary N) is 1. The minimum absolute atomic E-state index is 0.0823. The van der Waals surface area contributed by atoms with Crippen molar-refractivity contribution in [1.82, 2.24) is 5.32 Å². The molecule has 0 aromatic heterocycles. The Bertz CT molecular complexity index is 565. The number of ether oxygens (including phenoxy) is 2. The first-order valence-electron chi connectivity index (χ1n) is 8.18. The van der Waals surface area contributed by atoms with Crippen LogP contribution in [-0.4, -0.2) is 35.4 Å². The van der Waals surface area contributed by atoms with E-state index >= 15 is 0 Å². The number of carbonyl (C=O) groups excluding carboxylic acids is 2. The smallest absolute Gasteiger partial charge is 0.408 e. The number of benzene rings is 1. The summed E-state index contributed by atoms with van der Waals surface area (Å²) in [5.41, 5.74) is 0.121. The van der Waals surface area contributed by atoms with Gasteiger partial charge in [-0.1, -0.05) is 36.4 Å². The molecule has 138 valence electrons. The number of hydrogen-bond acceptors (Lipinski definition) is 5. The molecule has 1 amide bonds. The number of alkyl carbamates (subject to hydrolysis) is 1. The molecular formula is C19H27NO5. The fourth-order valence-electron chi connectivity index (χ4n) is 2.16. The molecule has 0 heterocycles. The normalized spacial score (nSPS) is 13.4. The zero-order valence-electron chi connectivity index (χ0n) is 15.0. The fraction of sp³-hybridized carbons (Fsp3) is 0.474. The molecule has 2 unspecified atom stereocenters. The molecule has 0 bridgehead atoms. The van der Waals surface area contributed by atoms with Crippen molar-refractivity contribution < 1.29 is 24.2 Å². The largest absolute Gasteiger partial charge is 0.458 e. The second kappa shape index (κ2) is 9.84. The third-order valence-electron chi connectivity index (χ3n) is 3.32. The van der Waals surface area contributed by atoms with Crippen molar-refractivity contribution in [3.63, 3.8) is 0 Å². The second-order valence-corrected chi connectivity index (χ2v) is 6.68. The van der Waals surface area contributed by atoms with Crippen LogP contribution in [0.1, 0.15) is 32.8 Å². The van der Waals surface area contributed by atoms with Gasteiger partial charge in [-0.05, 0) is 32.8 Å². The molecule has 0 aliphatic carbocycles. The minimum atomic E-state index is -1.02. The molecule has 2 N–H and O–H groups in total. The van der Waals surface area contributed by atoms with Crippen LogP contribution < -0.4 is 5.32 Å². The highest BCUT2D eigenvalue weighted by atomic mass is 16.6. The molecular weight excluding hydrogens is 322 g/mol. The standard InChI is InChI=1S/C19H27NO5/c1-5-9-15(12-21)16(17(22)25-19(2,3)4)20-18(23)24-13-14-10-7-6-8-11-14/h5-8,10-11,15-16,21H,1,9,12-13H2,2-4H3,(H,20,23). The van der Waals surface area contributed by atoms with E-state index in [-0.39, 0.29) is 13.2 Å². The topological polar surface area (TPSA) is 84.9 Å². The molecule has 0 radical (unpaired) electrons. The Morgan fingerprint density at radius 1 is 1.28 bits per heavy atom. The highest BCUT2D eigenvalue weighted by Gasteiger charge is 2.33. The second-order valence-electron chi connectivity index (χ2n) is 6.68. The van der Waals surface area contributed by atoms with Crippen LogP contribution in [0.3, 0.4) is 0 Å². The van der Waals surface area contributed by atoms with Gasteiger partial charge >= 0.3 is 12.1 Å². The summed E-state index contributed by atoms with van der Waals surface area (Å²) in [6.45, 7) is 8.60. The Labute approximate surface area is 148 Å². The lowest BCUT2D eigenvalue weighted by molar-refractivity contribution is -0.159. The molecule has 0 saturated heterocycles. The van der Waals surface area contributed by atoms with Crippen LogP contribution in [0, 0.1) is 5.92 Å². The number of carbonyl (C=O) groups is 2. The van der Waals surface area contributed by atoms with E-state index in [1.165, 1.54) is 0 Å². The van der Waals surface area contributed by atoms with Gasteiger partial charge in [0.25, 0.3) is 0 Å². The van der Waals surface area contributed by atoms with Gasteiger partial charge in [-0.3, -0.25) is 0 Å². The lowest BCUT2D eigenvalue weighted by Crippen LogP contribution is -2.49. The maximum atomic E-state index is 12.4. The molecule has 0 saturated carbocycles. The van der Waals surface area contributed by atoms with Gasteiger partial charge in [0.05, 0.1) is 0 Å². The first-order valence-corrected chi connectivity index (χ1v) is 8.18. The lowest BCUT2D eigenvalue weighted by Gasteiger charge is -2.28. The number of amides is 1. The Balaban J connectivity index is 2.75. The Morgan fingerprint density at radius 3 is 2.44 bits per heavy atom. The summed E-state index contributed by atoms with van der Waals surface area (Å²) in [7, 11) is 0. The van der Waals surface area contributed by atoms with E-state index in [4.69, 9.17) is 9.47 Å². The highest BCUT2D eigenvalue weighted by molar-refractivity contribution is 5.82. The van der Waals surface area contributed by atoms with E-state index in [0.717, 1.165) is 5.56 Å². The molecule has 1 aromatic rings. The van der Waals surface area contributed by atoms with Crippen molar-refractivity contribution in [2.24, 2.45) is 5.92 Å². The van der Waals surface area contributed by atoms with E-state index in [1.807, 2.05) is 30.3 Å². The van der Waals surface area contributed by atoms with E-state index in [2.05, 4.69) is 11.9 Å². The molecule has 1 rings (SSSR count). The number of hydrogen-bond donors (Lipinski definition) is 2. The SMILES string of the molecule is C=CCC(CO)C(NC(=O)OCc1ccccc1)C(=O)OC(C)(C)C. The van der Waals surface area contributed by atoms with Crippen LogP contribution in [0.4, 0.5) is 4.79 Å². The summed E-state index contributed by atoms with van der Waals surface area (Å²) in [4.78, 5) is 24.5. The summed E-state index contributed by atoms with van der Waals surface area (Å²) in [6.07, 6.45) is 1.18. The first-order chi connectivity index (χ1) is 11.8. The van der Waals surface area contributed by atoms with Crippen molar-refractivity contribution in [2.75, 3.05) is 6.61 Å². The first kappa shape index (κ1) is 20.7. The molecule has 0 fully saturated rings. The van der Waals surface area contributed by atoms with Crippen LogP contribution >= 0.6 is 0 Å². The van der Waals surface area contributed by atoms with E-state index in [0.29, 0.717) is 6.42 Å². The number of esters is 1. The van der Waals surface area contributed by atoms with Crippen molar-refractivity contribution >= 4 is 12.1 Å². The van der Waals surface area contributed by atoms with Crippen LogP contribution in [0.15, 0.2) is 43.0 Å². The Kier molecular flexibility index (Phi) is 8.15. The van der Waals surface area contributed by atoms with Crippen molar-refractivity contribution in [3.8, 4) is 0 Å². The van der Waals surface area contributed by atoms with Crippen molar-refractivity contribution in [3.05, 3.63) is 48.6 Å². The van der Waals surface area contributed by atoms with Gasteiger partial charge in [0.15, 0.2) is 0 Å². The van der Waals surface area contributed by atoms with Gasteiger partial charge < -0.3 is 19.9 Å². The summed E-state index contributed by atoms with van der Waals surface area (Å²) in [6, 6.07) is 8.17. The average Bonchev–Trinajstić information content (AvgIpc) is 2.55. The number of aliphatic hydroxyl groups excluding tert-OH is 1. The van der Waals surface area contributed by atoms with Crippen LogP contribution in [0.2, 0.25) is 0 Å². The zero-order valence-corrected chi connectivity index (χ0v) is 15.0. The van der Waals surface area contributed by atoms with Gasteiger partial charge in [-0.2, -0.15) is 0 Å². The maximum Gasteiger partial charge on any atom is 0.408 e. The lowest BCUT2D eigenvalue weighted by atomic mass is 9.97. The quantitative estimate of drug-likeness (QED) is 0.557. The third kappa shape index (κ3) is 7.85. The minimum Gasteiger partial charge on any atom is -0.458 e. The van der Waals surface area contributed by atoms with E-state index in [1.54, 1.807) is 26.8 Å². The molecule has 0 spiro atoms. The molecule has 2 atom stereocenters. The third-order valence-corrected chi connectivity index (χ3v) is 3.32. The predicted octanol–water partition coefficient (Wildman–Crippen LogP) is 2.81. The van der Waals surface area contributed by atoms with Gasteiger partial charge in [0, 0.05) is 12.5 Å². The summed E-state index contributed by atoms with van der Waals surface area (Å²) in [5, 5.41) is 12.0. The van der Waals surface area contributed by atoms with E-state index < -0.39 is 29.6 Å². The highest BCUT2D eigenvalue weighted by Crippen LogP contribution is 2.16. The Morgan fingerprint density at radius 2 is 1.92 bits per heavy atom. The van der Waals surface area contributed by atoms with E-state index in [9.17, 15) is 14.7 Å². The van der Waals surface area contributed by atoms with Crippen molar-refractivity contribution in [2.45, 2.75) is 45.4 Å². The summed E-state index contributed by atoms with van der Waals surface area (Å²) >= 11 is 0. The summed E-state index contributed by atoms with van der Waals surface area (Å²) < 4.78 is 10.5. The van der Waals surface area contributed by atoms with Gasteiger partial charge in [0.2, 0.25) is 0 Å². The molecule has 25 heavy (non-hydrogen) atoms. The van der Waals surface area contributed by atoms with Gasteiger partial charge in [-0.25, -0.2) is 9.59 Å². The number of aliphatic hydroxyl groups is 1. The van der Waals surface area contributed by atoms with Crippen LogP contribution in [0.5, 0.6) is 0 Å². The average molecular weight is 349 g/mol. The number of allylic oxidation sites excluding steroid dienone is 1. The van der Waals surface area contributed by atoms with Gasteiger partial charge in [0.1, 0.15) is 18.2 Å². The summed E-state index contributed by atoms with van der Waals surface area (Å²) in [5.74, 6) is -1.17. The monoisotopic (exact) mass is 349 g/mol. The molecule has 0 aliphatic heterocycles. The maximum absolute atomic E-state index is 12.4.